The minimum Gasteiger partial charge on any atom is -0.481 e. The number of piperazine rings is 1. The van der Waals surface area contributed by atoms with Gasteiger partial charge in [0.25, 0.3) is 0 Å². The van der Waals surface area contributed by atoms with Gasteiger partial charge in [0.2, 0.25) is 0 Å². The SMILES string of the molecule is CC(C)(C)CC(CN1CCNCC1)C(=O)O. The number of carbonyl (C=O) groups is 1. The second kappa shape index (κ2) is 5.64. The van der Waals surface area contributed by atoms with E-state index in [1.165, 1.54) is 0 Å². The molecule has 0 bridgehead atoms. The molecule has 0 aliphatic carbocycles. The third-order valence-electron chi connectivity index (χ3n) is 2.90. The molecule has 1 atom stereocenters. The van der Waals surface area contributed by atoms with Gasteiger partial charge in [0, 0.05) is 32.7 Å². The summed E-state index contributed by atoms with van der Waals surface area (Å²) in [5.41, 5.74) is 0.0804. The second-order valence-electron chi connectivity index (χ2n) is 5.85. The molecule has 1 rings (SSSR count). The van der Waals surface area contributed by atoms with Crippen LogP contribution >= 0.6 is 0 Å². The van der Waals surface area contributed by atoms with Crippen molar-refractivity contribution in [1.82, 2.24) is 10.2 Å². The van der Waals surface area contributed by atoms with Crippen LogP contribution in [0.1, 0.15) is 27.2 Å². The zero-order valence-electron chi connectivity index (χ0n) is 10.6. The van der Waals surface area contributed by atoms with Gasteiger partial charge in [-0.3, -0.25) is 9.69 Å². The molecule has 0 saturated carbocycles. The first-order chi connectivity index (χ1) is 7.38. The quantitative estimate of drug-likeness (QED) is 0.754. The Kier molecular flexibility index (Phi) is 4.74. The van der Waals surface area contributed by atoms with E-state index in [9.17, 15) is 9.90 Å². The molecule has 1 saturated heterocycles. The number of hydrogen-bond acceptors (Lipinski definition) is 3. The van der Waals surface area contributed by atoms with E-state index in [1.807, 2.05) is 0 Å². The monoisotopic (exact) mass is 228 g/mol. The van der Waals surface area contributed by atoms with Crippen LogP contribution in [0.25, 0.3) is 0 Å². The van der Waals surface area contributed by atoms with Crippen LogP contribution in [0.3, 0.4) is 0 Å². The molecule has 1 aliphatic rings. The zero-order chi connectivity index (χ0) is 12.2. The van der Waals surface area contributed by atoms with E-state index in [0.717, 1.165) is 32.6 Å². The Morgan fingerprint density at radius 3 is 2.38 bits per heavy atom. The molecular formula is C12H24N2O2. The summed E-state index contributed by atoms with van der Waals surface area (Å²) in [6.07, 6.45) is 0.742. The van der Waals surface area contributed by atoms with E-state index in [1.54, 1.807) is 0 Å². The van der Waals surface area contributed by atoms with Crippen LogP contribution < -0.4 is 5.32 Å². The van der Waals surface area contributed by atoms with E-state index in [-0.39, 0.29) is 11.3 Å². The van der Waals surface area contributed by atoms with E-state index in [4.69, 9.17) is 0 Å². The van der Waals surface area contributed by atoms with Gasteiger partial charge < -0.3 is 10.4 Å². The van der Waals surface area contributed by atoms with Crippen molar-refractivity contribution in [2.45, 2.75) is 27.2 Å². The summed E-state index contributed by atoms with van der Waals surface area (Å²) < 4.78 is 0. The molecule has 4 nitrogen and oxygen atoms in total. The van der Waals surface area contributed by atoms with Gasteiger partial charge in [-0.1, -0.05) is 20.8 Å². The molecule has 0 aromatic rings. The fraction of sp³-hybridized carbons (Fsp3) is 0.917. The Labute approximate surface area is 98.0 Å². The van der Waals surface area contributed by atoms with Gasteiger partial charge in [0.05, 0.1) is 5.92 Å². The smallest absolute Gasteiger partial charge is 0.307 e. The van der Waals surface area contributed by atoms with Crippen LogP contribution in [0.2, 0.25) is 0 Å². The first kappa shape index (κ1) is 13.5. The molecule has 1 fully saturated rings. The average molecular weight is 228 g/mol. The predicted octanol–water partition coefficient (Wildman–Crippen LogP) is 1.03. The summed E-state index contributed by atoms with van der Waals surface area (Å²) >= 11 is 0. The fourth-order valence-corrected chi connectivity index (χ4v) is 2.17. The van der Waals surface area contributed by atoms with Crippen LogP contribution in [0.4, 0.5) is 0 Å². The Hall–Kier alpha value is -0.610. The molecule has 1 heterocycles. The molecule has 1 aliphatic heterocycles. The number of carboxylic acids is 1. The molecule has 0 radical (unpaired) electrons. The van der Waals surface area contributed by atoms with Gasteiger partial charge in [0.1, 0.15) is 0 Å². The first-order valence-corrected chi connectivity index (χ1v) is 6.04. The Bertz CT molecular complexity index is 230. The lowest BCUT2D eigenvalue weighted by molar-refractivity contribution is -0.143. The third kappa shape index (κ3) is 4.94. The summed E-state index contributed by atoms with van der Waals surface area (Å²) in [5, 5.41) is 12.5. The Balaban J connectivity index is 2.47. The summed E-state index contributed by atoms with van der Waals surface area (Å²) in [6, 6.07) is 0. The molecule has 2 N–H and O–H groups in total. The number of rotatable bonds is 4. The zero-order valence-corrected chi connectivity index (χ0v) is 10.6. The summed E-state index contributed by atoms with van der Waals surface area (Å²) in [4.78, 5) is 13.5. The van der Waals surface area contributed by atoms with Crippen molar-refractivity contribution in [3.63, 3.8) is 0 Å². The average Bonchev–Trinajstić information content (AvgIpc) is 2.16. The van der Waals surface area contributed by atoms with Crippen molar-refractivity contribution in [2.24, 2.45) is 11.3 Å². The van der Waals surface area contributed by atoms with Gasteiger partial charge in [-0.25, -0.2) is 0 Å². The molecule has 16 heavy (non-hydrogen) atoms. The highest BCUT2D eigenvalue weighted by atomic mass is 16.4. The van der Waals surface area contributed by atoms with E-state index in [0.29, 0.717) is 6.54 Å². The molecule has 94 valence electrons. The second-order valence-corrected chi connectivity index (χ2v) is 5.85. The summed E-state index contributed by atoms with van der Waals surface area (Å²) in [7, 11) is 0. The van der Waals surface area contributed by atoms with Crippen LogP contribution in [0.15, 0.2) is 0 Å². The number of hydrogen-bond donors (Lipinski definition) is 2. The van der Waals surface area contributed by atoms with E-state index >= 15 is 0 Å². The van der Waals surface area contributed by atoms with Crippen LogP contribution in [0, 0.1) is 11.3 Å². The van der Waals surface area contributed by atoms with Gasteiger partial charge in [-0.2, -0.15) is 0 Å². The lowest BCUT2D eigenvalue weighted by atomic mass is 9.84. The third-order valence-corrected chi connectivity index (χ3v) is 2.90. The summed E-state index contributed by atoms with van der Waals surface area (Å²) in [5.74, 6) is -0.897. The van der Waals surface area contributed by atoms with Crippen LogP contribution in [-0.2, 0) is 4.79 Å². The minimum atomic E-state index is -0.659. The maximum absolute atomic E-state index is 11.2. The molecule has 0 amide bonds. The molecule has 4 heteroatoms. The highest BCUT2D eigenvalue weighted by molar-refractivity contribution is 5.70. The maximum Gasteiger partial charge on any atom is 0.307 e. The first-order valence-electron chi connectivity index (χ1n) is 6.04. The van der Waals surface area contributed by atoms with Crippen molar-refractivity contribution in [3.8, 4) is 0 Å². The van der Waals surface area contributed by atoms with Crippen molar-refractivity contribution >= 4 is 5.97 Å². The Morgan fingerprint density at radius 1 is 1.38 bits per heavy atom. The topological polar surface area (TPSA) is 52.6 Å². The maximum atomic E-state index is 11.2. The highest BCUT2D eigenvalue weighted by Crippen LogP contribution is 2.25. The normalized spacial score (nSPS) is 20.7. The van der Waals surface area contributed by atoms with E-state index in [2.05, 4.69) is 31.0 Å². The van der Waals surface area contributed by atoms with Gasteiger partial charge in [-0.15, -0.1) is 0 Å². The van der Waals surface area contributed by atoms with Gasteiger partial charge in [0.15, 0.2) is 0 Å². The minimum absolute atomic E-state index is 0.0804. The standard InChI is InChI=1S/C12H24N2O2/c1-12(2,3)8-10(11(15)16)9-14-6-4-13-5-7-14/h10,13H,4-9H2,1-3H3,(H,15,16). The Morgan fingerprint density at radius 2 is 1.94 bits per heavy atom. The molecular weight excluding hydrogens is 204 g/mol. The van der Waals surface area contributed by atoms with Crippen LogP contribution in [-0.4, -0.2) is 48.7 Å². The fourth-order valence-electron chi connectivity index (χ4n) is 2.17. The molecule has 0 spiro atoms. The molecule has 1 unspecified atom stereocenters. The lowest BCUT2D eigenvalue weighted by Crippen LogP contribution is -2.46. The molecule has 0 aromatic carbocycles. The molecule has 0 aromatic heterocycles. The highest BCUT2D eigenvalue weighted by Gasteiger charge is 2.26. The lowest BCUT2D eigenvalue weighted by Gasteiger charge is -2.31. The predicted molar refractivity (Wildman–Crippen MR) is 64.5 cm³/mol. The van der Waals surface area contributed by atoms with E-state index < -0.39 is 5.97 Å². The van der Waals surface area contributed by atoms with Crippen LogP contribution in [0.5, 0.6) is 0 Å². The van der Waals surface area contributed by atoms with Crippen molar-refractivity contribution in [3.05, 3.63) is 0 Å². The van der Waals surface area contributed by atoms with Crippen molar-refractivity contribution in [1.29, 1.82) is 0 Å². The number of aliphatic carboxylic acids is 1. The number of nitrogens with zero attached hydrogens (tertiary/aromatic N) is 1. The number of carboxylic acid groups (broad SMARTS) is 1. The van der Waals surface area contributed by atoms with Gasteiger partial charge >= 0.3 is 5.97 Å². The largest absolute Gasteiger partial charge is 0.481 e. The van der Waals surface area contributed by atoms with Gasteiger partial charge in [-0.05, 0) is 11.8 Å². The van der Waals surface area contributed by atoms with Crippen molar-refractivity contribution in [2.75, 3.05) is 32.7 Å². The summed E-state index contributed by atoms with van der Waals surface area (Å²) in [6.45, 7) is 10.9. The van der Waals surface area contributed by atoms with Crippen molar-refractivity contribution < 1.29 is 9.90 Å². The number of nitrogens with one attached hydrogen (secondary N) is 1.